The van der Waals surface area contributed by atoms with Crippen LogP contribution in [0.4, 0.5) is 0 Å². The highest BCUT2D eigenvalue weighted by Gasteiger charge is 2.42. The number of hydrogen-bond acceptors (Lipinski definition) is 4. The van der Waals surface area contributed by atoms with Gasteiger partial charge >= 0.3 is 5.97 Å². The fraction of sp³-hybridized carbons (Fsp3) is 0.375. The Hall–Kier alpha value is -2.08. The monoisotopic (exact) mass is 319 g/mol. The number of rotatable bonds is 4. The Balaban J connectivity index is 1.78. The van der Waals surface area contributed by atoms with Crippen LogP contribution >= 0.6 is 11.3 Å². The molecule has 116 valence electrons. The number of thiophene rings is 1. The van der Waals surface area contributed by atoms with Crippen LogP contribution in [0.25, 0.3) is 10.6 Å². The lowest BCUT2D eigenvalue weighted by molar-refractivity contribution is -0.144. The first-order valence-corrected chi connectivity index (χ1v) is 8.04. The van der Waals surface area contributed by atoms with Gasteiger partial charge in [-0.2, -0.15) is 0 Å². The molecule has 2 N–H and O–H groups in total. The average Bonchev–Trinajstić information content (AvgIpc) is 3.17. The van der Waals surface area contributed by atoms with Gasteiger partial charge in [0.25, 0.3) is 5.91 Å². The number of carboxylic acid groups (broad SMARTS) is 1. The SMILES string of the molecule is Cc1ccc(-c2ccc(C(=O)NC3(C(=O)O)CCCC3)s2)o1. The third-order valence-electron chi connectivity index (χ3n) is 4.03. The van der Waals surface area contributed by atoms with Crippen molar-refractivity contribution in [3.05, 3.63) is 34.9 Å². The maximum Gasteiger partial charge on any atom is 0.329 e. The molecule has 1 fully saturated rings. The third kappa shape index (κ3) is 2.66. The molecule has 0 atom stereocenters. The highest BCUT2D eigenvalue weighted by atomic mass is 32.1. The molecule has 0 aliphatic heterocycles. The lowest BCUT2D eigenvalue weighted by Gasteiger charge is -2.24. The van der Waals surface area contributed by atoms with Crippen LogP contribution in [0.1, 0.15) is 41.1 Å². The van der Waals surface area contributed by atoms with E-state index in [2.05, 4.69) is 5.32 Å². The Labute approximate surface area is 132 Å². The van der Waals surface area contributed by atoms with Crippen molar-refractivity contribution in [1.82, 2.24) is 5.32 Å². The van der Waals surface area contributed by atoms with Gasteiger partial charge in [0.1, 0.15) is 17.1 Å². The first kappa shape index (κ1) is 14.8. The standard InChI is InChI=1S/C16H17NO4S/c1-10-4-5-11(21-10)12-6-7-13(22-12)14(18)17-16(15(19)20)8-2-3-9-16/h4-7H,2-3,8-9H2,1H3,(H,17,18)(H,19,20). The number of carboxylic acids is 1. The van der Waals surface area contributed by atoms with Crippen molar-refractivity contribution < 1.29 is 19.1 Å². The summed E-state index contributed by atoms with van der Waals surface area (Å²) in [6.07, 6.45) is 2.63. The second-order valence-corrected chi connectivity index (χ2v) is 6.71. The number of carbonyl (C=O) groups excluding carboxylic acids is 1. The summed E-state index contributed by atoms with van der Waals surface area (Å²) < 4.78 is 5.54. The van der Waals surface area contributed by atoms with Crippen molar-refractivity contribution in [2.45, 2.75) is 38.1 Å². The lowest BCUT2D eigenvalue weighted by atomic mass is 9.98. The van der Waals surface area contributed by atoms with Crippen molar-refractivity contribution in [1.29, 1.82) is 0 Å². The van der Waals surface area contributed by atoms with Crippen LogP contribution in [0, 0.1) is 6.92 Å². The molecule has 1 aliphatic carbocycles. The lowest BCUT2D eigenvalue weighted by Crippen LogP contribution is -2.52. The maximum atomic E-state index is 12.4. The Kier molecular flexibility index (Phi) is 3.78. The minimum atomic E-state index is -1.11. The Morgan fingerprint density at radius 1 is 1.23 bits per heavy atom. The van der Waals surface area contributed by atoms with E-state index < -0.39 is 11.5 Å². The molecule has 2 aromatic rings. The fourth-order valence-electron chi connectivity index (χ4n) is 2.81. The van der Waals surface area contributed by atoms with E-state index in [-0.39, 0.29) is 5.91 Å². The summed E-state index contributed by atoms with van der Waals surface area (Å²) in [7, 11) is 0. The quantitative estimate of drug-likeness (QED) is 0.904. The van der Waals surface area contributed by atoms with Gasteiger partial charge in [-0.25, -0.2) is 4.79 Å². The van der Waals surface area contributed by atoms with E-state index in [0.29, 0.717) is 17.7 Å². The van der Waals surface area contributed by atoms with E-state index in [1.807, 2.05) is 25.1 Å². The Morgan fingerprint density at radius 2 is 1.95 bits per heavy atom. The first-order valence-electron chi connectivity index (χ1n) is 7.23. The minimum Gasteiger partial charge on any atom is -0.480 e. The highest BCUT2D eigenvalue weighted by Crippen LogP contribution is 2.32. The van der Waals surface area contributed by atoms with Gasteiger partial charge in [0.2, 0.25) is 0 Å². The fourth-order valence-corrected chi connectivity index (χ4v) is 3.67. The molecular formula is C16H17NO4S. The zero-order chi connectivity index (χ0) is 15.7. The number of aliphatic carboxylic acids is 1. The molecule has 22 heavy (non-hydrogen) atoms. The molecule has 1 saturated carbocycles. The number of amides is 1. The van der Waals surface area contributed by atoms with E-state index in [1.54, 1.807) is 6.07 Å². The van der Waals surface area contributed by atoms with Gasteiger partial charge in [0.15, 0.2) is 0 Å². The molecule has 2 heterocycles. The zero-order valence-electron chi connectivity index (χ0n) is 12.2. The minimum absolute atomic E-state index is 0.330. The van der Waals surface area contributed by atoms with E-state index >= 15 is 0 Å². The molecule has 0 radical (unpaired) electrons. The summed E-state index contributed by atoms with van der Waals surface area (Å²) in [5.41, 5.74) is -1.11. The van der Waals surface area contributed by atoms with E-state index in [9.17, 15) is 14.7 Å². The van der Waals surface area contributed by atoms with E-state index in [4.69, 9.17) is 4.42 Å². The predicted octanol–water partition coefficient (Wildman–Crippen LogP) is 3.44. The van der Waals surface area contributed by atoms with Gasteiger partial charge in [-0.05, 0) is 44.0 Å². The molecule has 0 spiro atoms. The van der Waals surface area contributed by atoms with Crippen molar-refractivity contribution >= 4 is 23.2 Å². The van der Waals surface area contributed by atoms with E-state index in [1.165, 1.54) is 11.3 Å². The molecule has 5 nitrogen and oxygen atoms in total. The summed E-state index contributed by atoms with van der Waals surface area (Å²) in [6, 6.07) is 7.25. The average molecular weight is 319 g/mol. The predicted molar refractivity (Wildman–Crippen MR) is 83.1 cm³/mol. The Bertz CT molecular complexity index is 709. The summed E-state index contributed by atoms with van der Waals surface area (Å²) >= 11 is 1.30. The largest absolute Gasteiger partial charge is 0.480 e. The molecule has 0 unspecified atom stereocenters. The third-order valence-corrected chi connectivity index (χ3v) is 5.13. The molecule has 0 bridgehead atoms. The van der Waals surface area contributed by atoms with Crippen LogP contribution in [0.5, 0.6) is 0 Å². The summed E-state index contributed by atoms with van der Waals surface area (Å²) in [5, 5.41) is 12.1. The van der Waals surface area contributed by atoms with Gasteiger partial charge in [0, 0.05) is 0 Å². The van der Waals surface area contributed by atoms with Crippen LogP contribution in [0.15, 0.2) is 28.7 Å². The number of furan rings is 1. The second-order valence-electron chi connectivity index (χ2n) is 5.62. The summed E-state index contributed by atoms with van der Waals surface area (Å²) in [4.78, 5) is 25.2. The maximum absolute atomic E-state index is 12.4. The number of carbonyl (C=O) groups is 2. The molecule has 3 rings (SSSR count). The zero-order valence-corrected chi connectivity index (χ0v) is 13.0. The molecule has 1 amide bonds. The molecule has 0 aromatic carbocycles. The van der Waals surface area contributed by atoms with E-state index in [0.717, 1.165) is 29.2 Å². The smallest absolute Gasteiger partial charge is 0.329 e. The van der Waals surface area contributed by atoms with Gasteiger partial charge in [0.05, 0.1) is 9.75 Å². The summed E-state index contributed by atoms with van der Waals surface area (Å²) in [5.74, 6) is 0.251. The van der Waals surface area contributed by atoms with Crippen LogP contribution < -0.4 is 5.32 Å². The van der Waals surface area contributed by atoms with Crippen LogP contribution in [-0.4, -0.2) is 22.5 Å². The van der Waals surface area contributed by atoms with Crippen LogP contribution in [-0.2, 0) is 4.79 Å². The van der Waals surface area contributed by atoms with Crippen molar-refractivity contribution in [3.63, 3.8) is 0 Å². The van der Waals surface area contributed by atoms with Crippen LogP contribution in [0.2, 0.25) is 0 Å². The van der Waals surface area contributed by atoms with Crippen LogP contribution in [0.3, 0.4) is 0 Å². The van der Waals surface area contributed by atoms with Gasteiger partial charge < -0.3 is 14.8 Å². The number of hydrogen-bond donors (Lipinski definition) is 2. The molecule has 2 aromatic heterocycles. The normalized spacial score (nSPS) is 16.6. The number of aryl methyl sites for hydroxylation is 1. The van der Waals surface area contributed by atoms with Crippen molar-refractivity contribution in [3.8, 4) is 10.6 Å². The van der Waals surface area contributed by atoms with Crippen molar-refractivity contribution in [2.75, 3.05) is 0 Å². The topological polar surface area (TPSA) is 79.5 Å². The Morgan fingerprint density at radius 3 is 2.55 bits per heavy atom. The number of nitrogens with one attached hydrogen (secondary N) is 1. The first-order chi connectivity index (χ1) is 10.5. The van der Waals surface area contributed by atoms with Gasteiger partial charge in [-0.3, -0.25) is 4.79 Å². The van der Waals surface area contributed by atoms with Gasteiger partial charge in [-0.15, -0.1) is 11.3 Å². The molecule has 0 saturated heterocycles. The van der Waals surface area contributed by atoms with Crippen molar-refractivity contribution in [2.24, 2.45) is 0 Å². The molecule has 6 heteroatoms. The second kappa shape index (κ2) is 5.61. The summed E-state index contributed by atoms with van der Waals surface area (Å²) in [6.45, 7) is 1.86. The molecule has 1 aliphatic rings. The van der Waals surface area contributed by atoms with Gasteiger partial charge in [-0.1, -0.05) is 12.8 Å². The molecular weight excluding hydrogens is 302 g/mol. The highest BCUT2D eigenvalue weighted by molar-refractivity contribution is 7.17.